The summed E-state index contributed by atoms with van der Waals surface area (Å²) in [5.74, 6) is -3.21. The summed E-state index contributed by atoms with van der Waals surface area (Å²) in [7, 11) is -3.39. The number of ether oxygens (including phenoxy) is 1. The number of hydrogen-bond donors (Lipinski definition) is 2. The summed E-state index contributed by atoms with van der Waals surface area (Å²) in [5.41, 5.74) is -1.28. The second-order valence-corrected chi connectivity index (χ2v) is 10.9. The summed E-state index contributed by atoms with van der Waals surface area (Å²) < 4.78 is 82.0. The minimum Gasteiger partial charge on any atom is -0.477 e. The van der Waals surface area contributed by atoms with Gasteiger partial charge in [-0.15, -0.1) is 0 Å². The van der Waals surface area contributed by atoms with Gasteiger partial charge in [0.15, 0.2) is 21.3 Å². The number of pyridine rings is 1. The highest BCUT2D eigenvalue weighted by Crippen LogP contribution is 2.32. The first-order valence-corrected chi connectivity index (χ1v) is 13.4. The third kappa shape index (κ3) is 6.81. The van der Waals surface area contributed by atoms with E-state index in [0.717, 1.165) is 41.5 Å². The van der Waals surface area contributed by atoms with Crippen molar-refractivity contribution in [1.82, 2.24) is 24.7 Å². The molecule has 4 rings (SSSR count). The van der Waals surface area contributed by atoms with Crippen molar-refractivity contribution in [3.8, 4) is 22.8 Å². The van der Waals surface area contributed by atoms with Crippen LogP contribution < -0.4 is 10.1 Å². The minimum atomic E-state index is -4.76. The molecule has 4 aromatic rings. The molecule has 0 amide bonds. The zero-order valence-corrected chi connectivity index (χ0v) is 21.7. The normalized spacial score (nSPS) is 11.8. The van der Waals surface area contributed by atoms with Crippen molar-refractivity contribution in [2.45, 2.75) is 6.18 Å². The maximum Gasteiger partial charge on any atom is 0.435 e. The highest BCUT2D eigenvalue weighted by atomic mass is 35.5. The summed E-state index contributed by atoms with van der Waals surface area (Å²) in [6, 6.07) is 5.50. The first-order chi connectivity index (χ1) is 18.7. The van der Waals surface area contributed by atoms with Gasteiger partial charge in [-0.2, -0.15) is 23.3 Å². The molecular weight excluding hydrogens is 584 g/mol. The Kier molecular flexibility index (Phi) is 7.93. The number of benzene rings is 1. The lowest BCUT2D eigenvalue weighted by atomic mass is 10.1. The quantitative estimate of drug-likeness (QED) is 0.265. The molecule has 0 fully saturated rings. The van der Waals surface area contributed by atoms with Crippen LogP contribution in [0.25, 0.3) is 16.9 Å². The molecule has 0 unspecified atom stereocenters. The second kappa shape index (κ2) is 11.1. The van der Waals surface area contributed by atoms with E-state index in [0.29, 0.717) is 0 Å². The maximum absolute atomic E-state index is 13.5. The van der Waals surface area contributed by atoms with E-state index in [1.807, 2.05) is 0 Å². The molecule has 0 bridgehead atoms. The van der Waals surface area contributed by atoms with Crippen molar-refractivity contribution in [2.75, 3.05) is 23.9 Å². The van der Waals surface area contributed by atoms with Gasteiger partial charge in [-0.1, -0.05) is 11.6 Å². The Balaban J connectivity index is 1.78. The highest BCUT2D eigenvalue weighted by molar-refractivity contribution is 7.90. The Morgan fingerprint density at radius 1 is 1.18 bits per heavy atom. The van der Waals surface area contributed by atoms with E-state index in [2.05, 4.69) is 25.4 Å². The molecule has 3 aromatic heterocycles. The average Bonchev–Trinajstić information content (AvgIpc) is 3.37. The van der Waals surface area contributed by atoms with E-state index in [9.17, 15) is 35.9 Å². The molecule has 0 atom stereocenters. The molecular formula is C23H17ClF4N6O5S. The lowest BCUT2D eigenvalue weighted by Gasteiger charge is -2.13. The van der Waals surface area contributed by atoms with E-state index < -0.39 is 39.1 Å². The van der Waals surface area contributed by atoms with Gasteiger partial charge in [0.1, 0.15) is 18.0 Å². The van der Waals surface area contributed by atoms with Gasteiger partial charge < -0.3 is 15.2 Å². The molecule has 0 saturated carbocycles. The molecule has 0 aliphatic rings. The fourth-order valence-electron chi connectivity index (χ4n) is 3.26. The van der Waals surface area contributed by atoms with Crippen LogP contribution >= 0.6 is 11.6 Å². The molecule has 17 heteroatoms. The van der Waals surface area contributed by atoms with Gasteiger partial charge in [0, 0.05) is 41.7 Å². The van der Waals surface area contributed by atoms with Crippen LogP contribution in [0, 0.1) is 5.82 Å². The predicted octanol–water partition coefficient (Wildman–Crippen LogP) is 4.40. The number of alkyl halides is 3. The number of sulfone groups is 1. The number of nitrogens with one attached hydrogen (secondary N) is 1. The maximum atomic E-state index is 13.5. The molecule has 0 aliphatic carbocycles. The average molecular weight is 601 g/mol. The van der Waals surface area contributed by atoms with Crippen molar-refractivity contribution in [3.05, 3.63) is 71.0 Å². The number of nitrogens with zero attached hydrogens (tertiary/aromatic N) is 5. The van der Waals surface area contributed by atoms with Crippen LogP contribution in [0.4, 0.5) is 29.2 Å². The Morgan fingerprint density at radius 2 is 1.93 bits per heavy atom. The van der Waals surface area contributed by atoms with Gasteiger partial charge in [-0.05, 0) is 30.3 Å². The number of aromatic nitrogens is 5. The molecule has 0 aliphatic heterocycles. The number of carbonyl (C=O) groups is 1. The van der Waals surface area contributed by atoms with Gasteiger partial charge in [-0.3, -0.25) is 0 Å². The van der Waals surface area contributed by atoms with Crippen LogP contribution in [-0.4, -0.2) is 62.8 Å². The lowest BCUT2D eigenvalue weighted by molar-refractivity contribution is -0.141. The van der Waals surface area contributed by atoms with Crippen LogP contribution in [0.15, 0.2) is 48.9 Å². The zero-order chi connectivity index (χ0) is 29.2. The van der Waals surface area contributed by atoms with Gasteiger partial charge in [0.05, 0.1) is 10.8 Å². The van der Waals surface area contributed by atoms with Crippen molar-refractivity contribution in [3.63, 3.8) is 0 Å². The van der Waals surface area contributed by atoms with Gasteiger partial charge in [-0.25, -0.2) is 32.3 Å². The molecule has 3 heterocycles. The van der Waals surface area contributed by atoms with Crippen LogP contribution in [0.2, 0.25) is 5.02 Å². The Bertz CT molecular complexity index is 1700. The van der Waals surface area contributed by atoms with E-state index in [4.69, 9.17) is 16.3 Å². The van der Waals surface area contributed by atoms with E-state index in [1.54, 1.807) is 0 Å². The molecule has 0 radical (unpaired) electrons. The van der Waals surface area contributed by atoms with Crippen molar-refractivity contribution < 1.29 is 40.6 Å². The van der Waals surface area contributed by atoms with Crippen molar-refractivity contribution in [1.29, 1.82) is 0 Å². The molecule has 2 N–H and O–H groups in total. The largest absolute Gasteiger partial charge is 0.477 e. The number of aromatic carboxylic acids is 1. The van der Waals surface area contributed by atoms with E-state index in [-0.39, 0.29) is 51.8 Å². The molecule has 11 nitrogen and oxygen atoms in total. The SMILES string of the molecule is CS(=O)(=O)CCOc1ncc(-c2cnc(Nc3ccc(F)c(Cl)c3)nc2-n2ccc(C(F)(F)F)n2)cc1C(=O)O. The third-order valence-electron chi connectivity index (χ3n) is 5.13. The summed E-state index contributed by atoms with van der Waals surface area (Å²) in [6.07, 6.45) is -0.424. The smallest absolute Gasteiger partial charge is 0.435 e. The summed E-state index contributed by atoms with van der Waals surface area (Å²) in [6.45, 7) is -0.360. The number of rotatable bonds is 9. The summed E-state index contributed by atoms with van der Waals surface area (Å²) in [4.78, 5) is 24.2. The second-order valence-electron chi connectivity index (χ2n) is 8.19. The van der Waals surface area contributed by atoms with Crippen LogP contribution in [0.1, 0.15) is 16.1 Å². The molecule has 0 saturated heterocycles. The first kappa shape index (κ1) is 28.7. The lowest BCUT2D eigenvalue weighted by Crippen LogP contribution is -2.14. The van der Waals surface area contributed by atoms with E-state index in [1.165, 1.54) is 18.3 Å². The van der Waals surface area contributed by atoms with Crippen molar-refractivity contribution in [2.24, 2.45) is 0 Å². The van der Waals surface area contributed by atoms with Gasteiger partial charge >= 0.3 is 12.1 Å². The number of halogens is 5. The van der Waals surface area contributed by atoms with Gasteiger partial charge in [0.2, 0.25) is 11.8 Å². The Morgan fingerprint density at radius 3 is 2.55 bits per heavy atom. The number of carboxylic acid groups (broad SMARTS) is 1. The molecule has 0 spiro atoms. The summed E-state index contributed by atoms with van der Waals surface area (Å²) >= 11 is 5.79. The van der Waals surface area contributed by atoms with E-state index >= 15 is 0 Å². The van der Waals surface area contributed by atoms with Crippen LogP contribution in [0.3, 0.4) is 0 Å². The van der Waals surface area contributed by atoms with Gasteiger partial charge in [0.25, 0.3) is 0 Å². The molecule has 40 heavy (non-hydrogen) atoms. The topological polar surface area (TPSA) is 149 Å². The minimum absolute atomic E-state index is 0.0391. The fourth-order valence-corrected chi connectivity index (χ4v) is 3.83. The predicted molar refractivity (Wildman–Crippen MR) is 134 cm³/mol. The standard InChI is InChI=1S/C23H17ClF4N6O5S/c1-40(37,38)7-6-39-20-14(21(35)36)8-12(10-29-20)15-11-30-22(31-13-2-3-17(25)16(24)9-13)32-19(15)34-5-4-18(33-34)23(26,27)28/h2-5,8-11H,6-7H2,1H3,(H,35,36)(H,30,31,32). The summed E-state index contributed by atoms with van der Waals surface area (Å²) in [5, 5.41) is 15.8. The van der Waals surface area contributed by atoms with Crippen LogP contribution in [-0.2, 0) is 16.0 Å². The number of carboxylic acids is 1. The number of anilines is 2. The third-order valence-corrected chi connectivity index (χ3v) is 6.32. The Labute approximate surface area is 228 Å². The number of hydrogen-bond acceptors (Lipinski definition) is 9. The first-order valence-electron chi connectivity index (χ1n) is 11.0. The van der Waals surface area contributed by atoms with Crippen LogP contribution in [0.5, 0.6) is 5.88 Å². The Hall–Kier alpha value is -4.31. The fraction of sp³-hybridized carbons (Fsp3) is 0.174. The van der Waals surface area contributed by atoms with Crippen molar-refractivity contribution >= 4 is 39.0 Å². The monoisotopic (exact) mass is 600 g/mol. The highest BCUT2D eigenvalue weighted by Gasteiger charge is 2.34. The zero-order valence-electron chi connectivity index (χ0n) is 20.1. The molecule has 1 aromatic carbocycles. The molecule has 210 valence electrons.